The van der Waals surface area contributed by atoms with Gasteiger partial charge in [-0.2, -0.15) is 5.10 Å². The Morgan fingerprint density at radius 2 is 2.17 bits per heavy atom. The maximum atomic E-state index is 12.1. The van der Waals surface area contributed by atoms with E-state index in [2.05, 4.69) is 15.0 Å². The molecular weight excluding hydrogens is 304 g/mol. The SMILES string of the molecule is CC[C@@H](O)c1cc2n(n1)CCCN(Cc1[nH]cc(C)c(=O)c1C)C2. The fourth-order valence-electron chi connectivity index (χ4n) is 3.25. The Bertz CT molecular complexity index is 778. The van der Waals surface area contributed by atoms with Crippen molar-refractivity contribution in [3.05, 3.63) is 50.7 Å². The summed E-state index contributed by atoms with van der Waals surface area (Å²) >= 11 is 0. The van der Waals surface area contributed by atoms with Crippen LogP contribution in [0, 0.1) is 13.8 Å². The number of aryl methyl sites for hydroxylation is 2. The summed E-state index contributed by atoms with van der Waals surface area (Å²) in [5.74, 6) is 0. The molecule has 2 N–H and O–H groups in total. The Kier molecular flexibility index (Phi) is 4.87. The highest BCUT2D eigenvalue weighted by atomic mass is 16.3. The molecule has 24 heavy (non-hydrogen) atoms. The van der Waals surface area contributed by atoms with Crippen LogP contribution in [0.15, 0.2) is 17.1 Å². The number of hydrogen-bond donors (Lipinski definition) is 2. The summed E-state index contributed by atoms with van der Waals surface area (Å²) in [7, 11) is 0. The lowest BCUT2D eigenvalue weighted by Gasteiger charge is -2.20. The van der Waals surface area contributed by atoms with Crippen molar-refractivity contribution in [1.29, 1.82) is 0 Å². The molecule has 6 heteroatoms. The number of nitrogens with one attached hydrogen (secondary N) is 1. The third kappa shape index (κ3) is 3.30. The van der Waals surface area contributed by atoms with Gasteiger partial charge in [0.25, 0.3) is 0 Å². The highest BCUT2D eigenvalue weighted by molar-refractivity contribution is 5.23. The zero-order valence-electron chi connectivity index (χ0n) is 14.7. The lowest BCUT2D eigenvalue weighted by molar-refractivity contribution is 0.167. The highest BCUT2D eigenvalue weighted by Gasteiger charge is 2.20. The molecule has 0 aromatic carbocycles. The zero-order chi connectivity index (χ0) is 17.3. The summed E-state index contributed by atoms with van der Waals surface area (Å²) < 4.78 is 2.01. The summed E-state index contributed by atoms with van der Waals surface area (Å²) in [6.07, 6.45) is 2.98. The fraction of sp³-hybridized carbons (Fsp3) is 0.556. The van der Waals surface area contributed by atoms with E-state index in [0.717, 1.165) is 60.8 Å². The van der Waals surface area contributed by atoms with E-state index in [0.29, 0.717) is 6.42 Å². The molecule has 0 amide bonds. The van der Waals surface area contributed by atoms with E-state index in [4.69, 9.17) is 0 Å². The fourth-order valence-corrected chi connectivity index (χ4v) is 3.25. The van der Waals surface area contributed by atoms with Crippen LogP contribution in [-0.2, 0) is 19.6 Å². The zero-order valence-corrected chi connectivity index (χ0v) is 14.7. The van der Waals surface area contributed by atoms with Crippen LogP contribution in [0.1, 0.15) is 54.1 Å². The van der Waals surface area contributed by atoms with Crippen molar-refractivity contribution in [1.82, 2.24) is 19.7 Å². The van der Waals surface area contributed by atoms with Gasteiger partial charge in [0, 0.05) is 49.2 Å². The summed E-state index contributed by atoms with van der Waals surface area (Å²) in [6.45, 7) is 9.00. The van der Waals surface area contributed by atoms with Gasteiger partial charge in [0.2, 0.25) is 0 Å². The van der Waals surface area contributed by atoms with Crippen LogP contribution in [0.2, 0.25) is 0 Å². The Morgan fingerprint density at radius 1 is 1.38 bits per heavy atom. The van der Waals surface area contributed by atoms with Gasteiger partial charge in [-0.05, 0) is 32.8 Å². The molecule has 0 saturated heterocycles. The molecule has 0 unspecified atom stereocenters. The molecule has 1 atom stereocenters. The summed E-state index contributed by atoms with van der Waals surface area (Å²) in [4.78, 5) is 17.7. The Hall–Kier alpha value is -1.92. The lowest BCUT2D eigenvalue weighted by Crippen LogP contribution is -2.25. The van der Waals surface area contributed by atoms with Gasteiger partial charge in [-0.15, -0.1) is 0 Å². The molecule has 3 rings (SSSR count). The van der Waals surface area contributed by atoms with Crippen molar-refractivity contribution >= 4 is 0 Å². The van der Waals surface area contributed by atoms with Crippen molar-refractivity contribution < 1.29 is 5.11 Å². The molecule has 6 nitrogen and oxygen atoms in total. The lowest BCUT2D eigenvalue weighted by atomic mass is 10.1. The average molecular weight is 330 g/mol. The molecular formula is C18H26N4O2. The summed E-state index contributed by atoms with van der Waals surface area (Å²) in [5.41, 5.74) is 4.54. The molecule has 1 aliphatic heterocycles. The first kappa shape index (κ1) is 16.9. The van der Waals surface area contributed by atoms with E-state index >= 15 is 0 Å². The molecule has 0 radical (unpaired) electrons. The molecule has 1 aliphatic rings. The molecule has 2 aromatic heterocycles. The third-order valence-corrected chi connectivity index (χ3v) is 4.84. The Morgan fingerprint density at radius 3 is 2.92 bits per heavy atom. The standard InChI is InChI=1S/C18H26N4O2/c1-4-17(23)15-8-14-10-21(6-5-7-22(14)20-15)11-16-13(3)18(24)12(2)9-19-16/h8-9,17,23H,4-7,10-11H2,1-3H3,(H,19,24)/t17-/m1/s1. The number of nitrogens with zero attached hydrogens (tertiary/aromatic N) is 3. The first-order chi connectivity index (χ1) is 11.5. The number of pyridine rings is 1. The van der Waals surface area contributed by atoms with Crippen LogP contribution in [0.4, 0.5) is 0 Å². The van der Waals surface area contributed by atoms with Crippen molar-refractivity contribution in [2.45, 2.75) is 59.4 Å². The number of hydrogen-bond acceptors (Lipinski definition) is 4. The van der Waals surface area contributed by atoms with E-state index in [1.807, 2.05) is 31.5 Å². The highest BCUT2D eigenvalue weighted by Crippen LogP contribution is 2.21. The second kappa shape index (κ2) is 6.91. The van der Waals surface area contributed by atoms with Crippen molar-refractivity contribution in [3.63, 3.8) is 0 Å². The van der Waals surface area contributed by atoms with Gasteiger partial charge in [-0.1, -0.05) is 6.92 Å². The van der Waals surface area contributed by atoms with Gasteiger partial charge < -0.3 is 10.1 Å². The molecule has 3 heterocycles. The van der Waals surface area contributed by atoms with Crippen LogP contribution >= 0.6 is 0 Å². The van der Waals surface area contributed by atoms with Gasteiger partial charge in [0.1, 0.15) is 0 Å². The normalized spacial score (nSPS) is 16.7. The first-order valence-electron chi connectivity index (χ1n) is 8.64. The molecule has 130 valence electrons. The number of aromatic amines is 1. The predicted molar refractivity (Wildman–Crippen MR) is 92.7 cm³/mol. The van der Waals surface area contributed by atoms with Crippen molar-refractivity contribution in [2.24, 2.45) is 0 Å². The third-order valence-electron chi connectivity index (χ3n) is 4.84. The average Bonchev–Trinajstić information content (AvgIpc) is 2.88. The van der Waals surface area contributed by atoms with E-state index in [-0.39, 0.29) is 5.43 Å². The van der Waals surface area contributed by atoms with Crippen LogP contribution in [-0.4, -0.2) is 31.3 Å². The predicted octanol–water partition coefficient (Wildman–Crippen LogP) is 2.04. The van der Waals surface area contributed by atoms with Gasteiger partial charge in [-0.25, -0.2) is 0 Å². The number of rotatable bonds is 4. The maximum absolute atomic E-state index is 12.1. The van der Waals surface area contributed by atoms with Crippen LogP contribution in [0.3, 0.4) is 0 Å². The van der Waals surface area contributed by atoms with Gasteiger partial charge in [0.05, 0.1) is 17.5 Å². The number of fused-ring (bicyclic) bond motifs is 1. The minimum absolute atomic E-state index is 0.122. The Labute approximate surface area is 142 Å². The van der Waals surface area contributed by atoms with Gasteiger partial charge in [-0.3, -0.25) is 14.4 Å². The minimum atomic E-state index is -0.492. The first-order valence-corrected chi connectivity index (χ1v) is 8.64. The van der Waals surface area contributed by atoms with E-state index in [9.17, 15) is 9.90 Å². The van der Waals surface area contributed by atoms with Gasteiger partial charge in [0.15, 0.2) is 5.43 Å². The molecule has 0 aliphatic carbocycles. The number of H-pyrrole nitrogens is 1. The number of aliphatic hydroxyl groups is 1. The van der Waals surface area contributed by atoms with Crippen molar-refractivity contribution in [2.75, 3.05) is 6.54 Å². The molecule has 0 saturated carbocycles. The minimum Gasteiger partial charge on any atom is -0.387 e. The van der Waals surface area contributed by atoms with Crippen LogP contribution in [0.5, 0.6) is 0 Å². The largest absolute Gasteiger partial charge is 0.387 e. The van der Waals surface area contributed by atoms with E-state index in [1.165, 1.54) is 0 Å². The quantitative estimate of drug-likeness (QED) is 0.900. The van der Waals surface area contributed by atoms with Crippen LogP contribution in [0.25, 0.3) is 0 Å². The number of aliphatic hydroxyl groups excluding tert-OH is 1. The summed E-state index contributed by atoms with van der Waals surface area (Å²) in [5, 5.41) is 14.6. The number of aromatic nitrogens is 3. The van der Waals surface area contributed by atoms with E-state index < -0.39 is 6.10 Å². The molecule has 0 bridgehead atoms. The molecule has 0 fully saturated rings. The smallest absolute Gasteiger partial charge is 0.187 e. The second-order valence-corrected chi connectivity index (χ2v) is 6.68. The van der Waals surface area contributed by atoms with Crippen LogP contribution < -0.4 is 5.43 Å². The topological polar surface area (TPSA) is 74.2 Å². The van der Waals surface area contributed by atoms with Gasteiger partial charge >= 0.3 is 0 Å². The van der Waals surface area contributed by atoms with E-state index in [1.54, 1.807) is 6.20 Å². The van der Waals surface area contributed by atoms with Crippen molar-refractivity contribution in [3.8, 4) is 0 Å². The summed E-state index contributed by atoms with van der Waals surface area (Å²) in [6, 6.07) is 2.01. The second-order valence-electron chi connectivity index (χ2n) is 6.68. The maximum Gasteiger partial charge on any atom is 0.187 e. The monoisotopic (exact) mass is 330 g/mol. The molecule has 0 spiro atoms. The Balaban J connectivity index is 1.80. The molecule has 2 aromatic rings.